The summed E-state index contributed by atoms with van der Waals surface area (Å²) in [4.78, 5) is 16.3. The first kappa shape index (κ1) is 20.9. The molecule has 0 N–H and O–H groups in total. The van der Waals surface area contributed by atoms with Crippen molar-refractivity contribution in [1.82, 2.24) is 14.8 Å². The molecule has 1 heterocycles. The van der Waals surface area contributed by atoms with E-state index in [-0.39, 0.29) is 24.2 Å². The molecule has 0 aliphatic heterocycles. The highest BCUT2D eigenvalue weighted by Crippen LogP contribution is 2.34. The van der Waals surface area contributed by atoms with Crippen LogP contribution in [0.3, 0.4) is 0 Å². The van der Waals surface area contributed by atoms with Crippen molar-refractivity contribution in [2.24, 2.45) is 5.92 Å². The van der Waals surface area contributed by atoms with Crippen LogP contribution in [-0.4, -0.2) is 33.2 Å². The summed E-state index contributed by atoms with van der Waals surface area (Å²) < 4.78 is 47.6. The fourth-order valence-electron chi connectivity index (χ4n) is 3.17. The Labute approximate surface area is 176 Å². The summed E-state index contributed by atoms with van der Waals surface area (Å²) in [5.74, 6) is 0.401. The second kappa shape index (κ2) is 8.41. The predicted octanol–water partition coefficient (Wildman–Crippen LogP) is 4.72. The first-order valence-electron chi connectivity index (χ1n) is 9.83. The molecule has 1 saturated carbocycles. The van der Waals surface area contributed by atoms with Crippen molar-refractivity contribution in [3.63, 3.8) is 0 Å². The van der Waals surface area contributed by atoms with Gasteiger partial charge in [0.05, 0.1) is 12.1 Å². The Kier molecular flexibility index (Phi) is 5.67. The van der Waals surface area contributed by atoms with Crippen LogP contribution < -0.4 is 4.74 Å². The SMILES string of the molecule is CC(OC(=O)Cc1ccc(-c2ncn(-c3ccc(OC(F)(F)F)cc3)n2)cc1)C1CC1. The molecule has 1 aromatic heterocycles. The fraction of sp³-hybridized carbons (Fsp3) is 0.318. The number of rotatable bonds is 7. The summed E-state index contributed by atoms with van der Waals surface area (Å²) in [5.41, 5.74) is 2.12. The Balaban J connectivity index is 1.39. The Morgan fingerprint density at radius 1 is 1.13 bits per heavy atom. The Morgan fingerprint density at radius 2 is 1.81 bits per heavy atom. The summed E-state index contributed by atoms with van der Waals surface area (Å²) in [7, 11) is 0. The first-order valence-corrected chi connectivity index (χ1v) is 9.83. The molecule has 2 aromatic carbocycles. The number of aromatic nitrogens is 3. The minimum absolute atomic E-state index is 0.0333. The molecular formula is C22H20F3N3O3. The maximum Gasteiger partial charge on any atom is 0.573 e. The summed E-state index contributed by atoms with van der Waals surface area (Å²) in [6, 6.07) is 12.6. The smallest absolute Gasteiger partial charge is 0.462 e. The minimum Gasteiger partial charge on any atom is -0.462 e. The highest BCUT2D eigenvalue weighted by molar-refractivity contribution is 5.73. The molecule has 0 radical (unpaired) electrons. The molecule has 9 heteroatoms. The number of ether oxygens (including phenoxy) is 2. The van der Waals surface area contributed by atoms with Gasteiger partial charge in [-0.05, 0) is 55.5 Å². The molecule has 1 aliphatic carbocycles. The van der Waals surface area contributed by atoms with Crippen LogP contribution in [0.1, 0.15) is 25.3 Å². The van der Waals surface area contributed by atoms with Gasteiger partial charge in [0.1, 0.15) is 18.2 Å². The monoisotopic (exact) mass is 431 g/mol. The lowest BCUT2D eigenvalue weighted by atomic mass is 10.1. The zero-order chi connectivity index (χ0) is 22.0. The second-order valence-electron chi connectivity index (χ2n) is 7.46. The number of hydrogen-bond acceptors (Lipinski definition) is 5. The predicted molar refractivity (Wildman–Crippen MR) is 105 cm³/mol. The molecule has 31 heavy (non-hydrogen) atoms. The standard InChI is InChI=1S/C22H20F3N3O3/c1-14(16-6-7-16)30-20(29)12-15-2-4-17(5-3-15)21-26-13-28(27-21)18-8-10-19(11-9-18)31-22(23,24)25/h2-5,8-11,13-14,16H,6-7,12H2,1H3. The molecule has 1 unspecified atom stereocenters. The Hall–Kier alpha value is -3.36. The van der Waals surface area contributed by atoms with E-state index < -0.39 is 6.36 Å². The van der Waals surface area contributed by atoms with Crippen LogP contribution in [0, 0.1) is 5.92 Å². The van der Waals surface area contributed by atoms with Gasteiger partial charge in [-0.15, -0.1) is 18.3 Å². The molecule has 3 aromatic rings. The van der Waals surface area contributed by atoms with Gasteiger partial charge in [-0.1, -0.05) is 24.3 Å². The summed E-state index contributed by atoms with van der Waals surface area (Å²) in [6.07, 6.45) is -0.859. The molecule has 1 aliphatic rings. The fourth-order valence-corrected chi connectivity index (χ4v) is 3.17. The van der Waals surface area contributed by atoms with Crippen molar-refractivity contribution >= 4 is 5.97 Å². The van der Waals surface area contributed by atoms with E-state index in [0.29, 0.717) is 17.4 Å². The van der Waals surface area contributed by atoms with Gasteiger partial charge in [0, 0.05) is 5.56 Å². The third kappa shape index (κ3) is 5.62. The van der Waals surface area contributed by atoms with Gasteiger partial charge in [-0.2, -0.15) is 0 Å². The lowest BCUT2D eigenvalue weighted by molar-refractivity contribution is -0.274. The molecule has 0 spiro atoms. The number of benzene rings is 2. The number of carbonyl (C=O) groups is 1. The van der Waals surface area contributed by atoms with E-state index in [1.165, 1.54) is 35.3 Å². The van der Waals surface area contributed by atoms with E-state index in [1.807, 2.05) is 31.2 Å². The van der Waals surface area contributed by atoms with Crippen molar-refractivity contribution < 1.29 is 27.4 Å². The molecule has 162 valence electrons. The first-order chi connectivity index (χ1) is 14.8. The lowest BCUT2D eigenvalue weighted by Gasteiger charge is -2.12. The molecule has 0 bridgehead atoms. The number of hydrogen-bond donors (Lipinski definition) is 0. The molecule has 4 rings (SSSR count). The molecule has 1 atom stereocenters. The van der Waals surface area contributed by atoms with Crippen LogP contribution in [0.25, 0.3) is 17.1 Å². The third-order valence-electron chi connectivity index (χ3n) is 4.99. The van der Waals surface area contributed by atoms with E-state index in [4.69, 9.17) is 4.74 Å². The maximum atomic E-state index is 12.3. The Bertz CT molecular complexity index is 1040. The van der Waals surface area contributed by atoms with Crippen LogP contribution in [0.4, 0.5) is 13.2 Å². The molecular weight excluding hydrogens is 411 g/mol. The van der Waals surface area contributed by atoms with Crippen LogP contribution >= 0.6 is 0 Å². The minimum atomic E-state index is -4.74. The van der Waals surface area contributed by atoms with Crippen LogP contribution in [0.2, 0.25) is 0 Å². The number of carbonyl (C=O) groups excluding carboxylic acids is 1. The summed E-state index contributed by atoms with van der Waals surface area (Å²) >= 11 is 0. The Morgan fingerprint density at radius 3 is 2.42 bits per heavy atom. The highest BCUT2D eigenvalue weighted by atomic mass is 19.4. The van der Waals surface area contributed by atoms with E-state index >= 15 is 0 Å². The largest absolute Gasteiger partial charge is 0.573 e. The van der Waals surface area contributed by atoms with E-state index in [1.54, 1.807) is 0 Å². The van der Waals surface area contributed by atoms with Crippen LogP contribution in [0.5, 0.6) is 5.75 Å². The van der Waals surface area contributed by atoms with Gasteiger partial charge >= 0.3 is 12.3 Å². The van der Waals surface area contributed by atoms with E-state index in [0.717, 1.165) is 24.0 Å². The number of alkyl halides is 3. The topological polar surface area (TPSA) is 66.2 Å². The summed E-state index contributed by atoms with van der Waals surface area (Å²) in [5, 5.41) is 4.36. The van der Waals surface area contributed by atoms with Gasteiger partial charge < -0.3 is 9.47 Å². The normalized spacial score (nSPS) is 14.8. The van der Waals surface area contributed by atoms with Crippen LogP contribution in [0.15, 0.2) is 54.9 Å². The number of halogens is 3. The van der Waals surface area contributed by atoms with Crippen molar-refractivity contribution in [2.75, 3.05) is 0 Å². The molecule has 0 amide bonds. The molecule has 0 saturated heterocycles. The van der Waals surface area contributed by atoms with Crippen LogP contribution in [-0.2, 0) is 16.0 Å². The number of nitrogens with zero attached hydrogens (tertiary/aromatic N) is 3. The second-order valence-corrected chi connectivity index (χ2v) is 7.46. The van der Waals surface area contributed by atoms with Gasteiger partial charge in [-0.3, -0.25) is 4.79 Å². The van der Waals surface area contributed by atoms with E-state index in [9.17, 15) is 18.0 Å². The quantitative estimate of drug-likeness (QED) is 0.507. The average Bonchev–Trinajstić information content (AvgIpc) is 3.45. The number of esters is 1. The van der Waals surface area contributed by atoms with Gasteiger partial charge in [-0.25, -0.2) is 9.67 Å². The van der Waals surface area contributed by atoms with Crippen molar-refractivity contribution in [1.29, 1.82) is 0 Å². The summed E-state index contributed by atoms with van der Waals surface area (Å²) in [6.45, 7) is 1.93. The van der Waals surface area contributed by atoms with Gasteiger partial charge in [0.2, 0.25) is 0 Å². The average molecular weight is 431 g/mol. The third-order valence-corrected chi connectivity index (χ3v) is 4.99. The highest BCUT2D eigenvalue weighted by Gasteiger charge is 2.31. The van der Waals surface area contributed by atoms with Crippen molar-refractivity contribution in [2.45, 2.75) is 38.7 Å². The molecule has 1 fully saturated rings. The zero-order valence-electron chi connectivity index (χ0n) is 16.7. The maximum absolute atomic E-state index is 12.3. The molecule has 6 nitrogen and oxygen atoms in total. The zero-order valence-corrected chi connectivity index (χ0v) is 16.7. The van der Waals surface area contributed by atoms with Crippen molar-refractivity contribution in [3.8, 4) is 22.8 Å². The van der Waals surface area contributed by atoms with Gasteiger partial charge in [0.25, 0.3) is 0 Å². The lowest BCUT2D eigenvalue weighted by Crippen LogP contribution is -2.18. The van der Waals surface area contributed by atoms with E-state index in [2.05, 4.69) is 14.8 Å². The van der Waals surface area contributed by atoms with Gasteiger partial charge in [0.15, 0.2) is 5.82 Å². The van der Waals surface area contributed by atoms with Crippen molar-refractivity contribution in [3.05, 3.63) is 60.4 Å².